The van der Waals surface area contributed by atoms with Crippen molar-refractivity contribution >= 4 is 35.6 Å². The summed E-state index contributed by atoms with van der Waals surface area (Å²) in [7, 11) is 0. The maximum atomic E-state index is 12.2. The normalized spacial score (nSPS) is 19.3. The van der Waals surface area contributed by atoms with Gasteiger partial charge in [-0.1, -0.05) is 6.07 Å². The van der Waals surface area contributed by atoms with Crippen LogP contribution in [0.3, 0.4) is 0 Å². The standard InChI is InChI=1S/C13H19N3O2S.ClH/c1-9(15-12(17)11-3-2-6-19-11)13(18)16-5-4-10(7-14)8-16;/h2-3,6,9-10H,4-5,7-8,14H2,1H3,(H,15,17);1H. The first kappa shape index (κ1) is 16.9. The lowest BCUT2D eigenvalue weighted by Gasteiger charge is -2.21. The van der Waals surface area contributed by atoms with Crippen molar-refractivity contribution in [2.45, 2.75) is 19.4 Å². The van der Waals surface area contributed by atoms with Gasteiger partial charge in [-0.3, -0.25) is 9.59 Å². The highest BCUT2D eigenvalue weighted by Gasteiger charge is 2.29. The Labute approximate surface area is 128 Å². The molecule has 1 fully saturated rings. The van der Waals surface area contributed by atoms with Crippen molar-refractivity contribution in [3.8, 4) is 0 Å². The van der Waals surface area contributed by atoms with E-state index in [1.165, 1.54) is 11.3 Å². The van der Waals surface area contributed by atoms with E-state index in [9.17, 15) is 9.59 Å². The zero-order valence-corrected chi connectivity index (χ0v) is 13.0. The average molecular weight is 318 g/mol. The summed E-state index contributed by atoms with van der Waals surface area (Å²) in [4.78, 5) is 26.5. The summed E-state index contributed by atoms with van der Waals surface area (Å²) in [5, 5.41) is 4.58. The molecular weight excluding hydrogens is 298 g/mol. The SMILES string of the molecule is CC(NC(=O)c1cccs1)C(=O)N1CCC(CN)C1.Cl. The van der Waals surface area contributed by atoms with Crippen molar-refractivity contribution in [2.24, 2.45) is 11.7 Å². The molecule has 0 radical (unpaired) electrons. The van der Waals surface area contributed by atoms with Crippen molar-refractivity contribution in [1.29, 1.82) is 0 Å². The van der Waals surface area contributed by atoms with E-state index in [0.29, 0.717) is 23.9 Å². The Balaban J connectivity index is 0.00000200. The van der Waals surface area contributed by atoms with E-state index in [1.807, 2.05) is 11.4 Å². The third kappa shape index (κ3) is 3.94. The van der Waals surface area contributed by atoms with Gasteiger partial charge in [0.15, 0.2) is 0 Å². The Kier molecular flexibility index (Phi) is 6.45. The molecule has 1 aliphatic rings. The number of amides is 2. The number of nitrogens with two attached hydrogens (primary N) is 1. The topological polar surface area (TPSA) is 75.4 Å². The molecule has 1 aliphatic heterocycles. The van der Waals surface area contributed by atoms with Crippen molar-refractivity contribution in [3.05, 3.63) is 22.4 Å². The number of likely N-dealkylation sites (tertiary alicyclic amines) is 1. The molecule has 0 aromatic carbocycles. The third-order valence-electron chi connectivity index (χ3n) is 3.39. The molecule has 2 heterocycles. The summed E-state index contributed by atoms with van der Waals surface area (Å²) < 4.78 is 0. The monoisotopic (exact) mass is 317 g/mol. The van der Waals surface area contributed by atoms with Crippen LogP contribution in [0.5, 0.6) is 0 Å². The van der Waals surface area contributed by atoms with Crippen molar-refractivity contribution in [2.75, 3.05) is 19.6 Å². The number of nitrogens with zero attached hydrogens (tertiary/aromatic N) is 1. The minimum atomic E-state index is -0.494. The third-order valence-corrected chi connectivity index (χ3v) is 4.26. The maximum Gasteiger partial charge on any atom is 0.261 e. The Hall–Kier alpha value is -1.11. The fourth-order valence-corrected chi connectivity index (χ4v) is 2.86. The summed E-state index contributed by atoms with van der Waals surface area (Å²) in [5.41, 5.74) is 5.61. The zero-order valence-electron chi connectivity index (χ0n) is 11.4. The number of hydrogen-bond acceptors (Lipinski definition) is 4. The first-order valence-electron chi connectivity index (χ1n) is 6.45. The minimum Gasteiger partial charge on any atom is -0.341 e. The van der Waals surface area contributed by atoms with E-state index in [-0.39, 0.29) is 24.2 Å². The molecule has 7 heteroatoms. The number of nitrogens with one attached hydrogen (secondary N) is 1. The van der Waals surface area contributed by atoms with Crippen LogP contribution in [0.2, 0.25) is 0 Å². The Morgan fingerprint density at radius 3 is 2.90 bits per heavy atom. The smallest absolute Gasteiger partial charge is 0.261 e. The molecule has 2 atom stereocenters. The van der Waals surface area contributed by atoms with Crippen LogP contribution in [-0.4, -0.2) is 42.4 Å². The lowest BCUT2D eigenvalue weighted by Crippen LogP contribution is -2.46. The zero-order chi connectivity index (χ0) is 13.8. The van der Waals surface area contributed by atoms with Crippen LogP contribution >= 0.6 is 23.7 Å². The largest absolute Gasteiger partial charge is 0.341 e. The average Bonchev–Trinajstić information content (AvgIpc) is 3.08. The van der Waals surface area contributed by atoms with Gasteiger partial charge >= 0.3 is 0 Å². The van der Waals surface area contributed by atoms with E-state index >= 15 is 0 Å². The van der Waals surface area contributed by atoms with E-state index < -0.39 is 6.04 Å². The molecule has 2 rings (SSSR count). The number of thiophene rings is 1. The second-order valence-electron chi connectivity index (χ2n) is 4.85. The molecule has 0 aliphatic carbocycles. The van der Waals surface area contributed by atoms with Gasteiger partial charge in [0, 0.05) is 13.1 Å². The highest BCUT2D eigenvalue weighted by atomic mass is 35.5. The number of carbonyl (C=O) groups is 2. The number of hydrogen-bond donors (Lipinski definition) is 2. The number of carbonyl (C=O) groups excluding carboxylic acids is 2. The molecule has 5 nitrogen and oxygen atoms in total. The molecular formula is C13H20ClN3O2S. The van der Waals surface area contributed by atoms with Crippen molar-refractivity contribution in [1.82, 2.24) is 10.2 Å². The van der Waals surface area contributed by atoms with E-state index in [1.54, 1.807) is 17.9 Å². The van der Waals surface area contributed by atoms with Crippen LogP contribution in [-0.2, 0) is 4.79 Å². The fraction of sp³-hybridized carbons (Fsp3) is 0.538. The minimum absolute atomic E-state index is 0. The Morgan fingerprint density at radius 2 is 2.35 bits per heavy atom. The van der Waals surface area contributed by atoms with E-state index in [2.05, 4.69) is 5.32 Å². The van der Waals surface area contributed by atoms with Gasteiger partial charge in [0.05, 0.1) is 4.88 Å². The van der Waals surface area contributed by atoms with Crippen LogP contribution < -0.4 is 11.1 Å². The van der Waals surface area contributed by atoms with Crippen LogP contribution in [0.1, 0.15) is 23.0 Å². The molecule has 1 aromatic heterocycles. The molecule has 112 valence electrons. The summed E-state index contributed by atoms with van der Waals surface area (Å²) in [6.07, 6.45) is 0.952. The second kappa shape index (κ2) is 7.61. The molecule has 0 spiro atoms. The Bertz CT molecular complexity index is 452. The predicted molar refractivity (Wildman–Crippen MR) is 82.2 cm³/mol. The van der Waals surface area contributed by atoms with Gasteiger partial charge in [0.2, 0.25) is 5.91 Å². The first-order valence-corrected chi connectivity index (χ1v) is 7.33. The molecule has 1 aromatic rings. The molecule has 0 saturated carbocycles. The molecule has 2 unspecified atom stereocenters. The molecule has 1 saturated heterocycles. The van der Waals surface area contributed by atoms with Gasteiger partial charge in [-0.15, -0.1) is 23.7 Å². The molecule has 3 N–H and O–H groups in total. The maximum absolute atomic E-state index is 12.2. The highest BCUT2D eigenvalue weighted by Crippen LogP contribution is 2.16. The summed E-state index contributed by atoms with van der Waals surface area (Å²) in [6, 6.07) is 3.07. The highest BCUT2D eigenvalue weighted by molar-refractivity contribution is 7.12. The number of halogens is 1. The van der Waals surface area contributed by atoms with Crippen LogP contribution in [0.4, 0.5) is 0 Å². The quantitative estimate of drug-likeness (QED) is 0.873. The van der Waals surface area contributed by atoms with Crippen molar-refractivity contribution < 1.29 is 9.59 Å². The van der Waals surface area contributed by atoms with Gasteiger partial charge in [0.25, 0.3) is 5.91 Å². The molecule has 0 bridgehead atoms. The molecule has 2 amide bonds. The van der Waals surface area contributed by atoms with Crippen LogP contribution in [0.15, 0.2) is 17.5 Å². The predicted octanol–water partition coefficient (Wildman–Crippen LogP) is 1.10. The van der Waals surface area contributed by atoms with Crippen molar-refractivity contribution in [3.63, 3.8) is 0 Å². The van der Waals surface area contributed by atoms with Gasteiger partial charge in [0.1, 0.15) is 6.04 Å². The fourth-order valence-electron chi connectivity index (χ4n) is 2.24. The lowest BCUT2D eigenvalue weighted by atomic mass is 10.1. The second-order valence-corrected chi connectivity index (χ2v) is 5.79. The van der Waals surface area contributed by atoms with E-state index in [0.717, 1.165) is 13.0 Å². The number of rotatable bonds is 4. The summed E-state index contributed by atoms with van der Waals surface area (Å²) in [5.74, 6) is 0.176. The Morgan fingerprint density at radius 1 is 1.60 bits per heavy atom. The van der Waals surface area contributed by atoms with Gasteiger partial charge < -0.3 is 16.0 Å². The lowest BCUT2D eigenvalue weighted by molar-refractivity contribution is -0.131. The van der Waals surface area contributed by atoms with E-state index in [4.69, 9.17) is 5.73 Å². The summed E-state index contributed by atoms with van der Waals surface area (Å²) >= 11 is 1.37. The van der Waals surface area contributed by atoms with Crippen LogP contribution in [0, 0.1) is 5.92 Å². The van der Waals surface area contributed by atoms with Gasteiger partial charge in [-0.05, 0) is 37.3 Å². The molecule has 20 heavy (non-hydrogen) atoms. The van der Waals surface area contributed by atoms with Gasteiger partial charge in [-0.25, -0.2) is 0 Å². The van der Waals surface area contributed by atoms with Gasteiger partial charge in [-0.2, -0.15) is 0 Å². The summed E-state index contributed by atoms with van der Waals surface area (Å²) in [6.45, 7) is 3.78. The van der Waals surface area contributed by atoms with Crippen LogP contribution in [0.25, 0.3) is 0 Å². The first-order chi connectivity index (χ1) is 9.11.